The van der Waals surface area contributed by atoms with Crippen molar-refractivity contribution in [3.05, 3.63) is 144 Å². The van der Waals surface area contributed by atoms with Crippen molar-refractivity contribution in [3.63, 3.8) is 0 Å². The van der Waals surface area contributed by atoms with Crippen LogP contribution >= 0.6 is 0 Å². The molecule has 4 aromatic heterocycles. The minimum absolute atomic E-state index is 0.294. The molecule has 48 heavy (non-hydrogen) atoms. The van der Waals surface area contributed by atoms with E-state index in [-0.39, 0.29) is 5.91 Å². The van der Waals surface area contributed by atoms with Crippen LogP contribution in [-0.4, -0.2) is 49.1 Å². The van der Waals surface area contributed by atoms with Crippen LogP contribution in [0.1, 0.15) is 50.9 Å². The first-order valence-electron chi connectivity index (χ1n) is 15.7. The smallest absolute Gasteiger partial charge is 0.270 e. The van der Waals surface area contributed by atoms with Crippen molar-refractivity contribution in [2.75, 3.05) is 7.11 Å². The van der Waals surface area contributed by atoms with Crippen molar-refractivity contribution in [2.24, 2.45) is 0 Å². The van der Waals surface area contributed by atoms with Gasteiger partial charge in [-0.1, -0.05) is 54.6 Å². The molecular formula is C37H34N8O3. The average Bonchev–Trinajstić information content (AvgIpc) is 3.86. The van der Waals surface area contributed by atoms with Gasteiger partial charge in [-0.2, -0.15) is 0 Å². The number of carbonyl (C=O) groups is 2. The van der Waals surface area contributed by atoms with Crippen LogP contribution in [0.3, 0.4) is 0 Å². The molecule has 2 amide bonds. The van der Waals surface area contributed by atoms with Crippen LogP contribution in [0, 0.1) is 0 Å². The van der Waals surface area contributed by atoms with E-state index in [0.29, 0.717) is 43.1 Å². The van der Waals surface area contributed by atoms with E-state index >= 15 is 0 Å². The monoisotopic (exact) mass is 638 g/mol. The fourth-order valence-electron chi connectivity index (χ4n) is 6.20. The fraction of sp³-hybridized carbons (Fsp3) is 0.162. The highest BCUT2D eigenvalue weighted by atomic mass is 16.5. The standard InChI is InChI=1S/C37H34N8O3/c1-48-27-15-13-24(14-16-27)22-45-35(33(41-23-46)18-25-20-39-30-10-4-2-8-28(25)30)43-44-36(45)34(42-37(47)32-12-6-7-17-38-32)19-26-21-40-31-11-5-3-9-29(26)31/h2-17,20-21,23,33-34,39-40H,18-19,22H2,1H3,(H,41,46)(H,42,47)/t33-,34+/m0/s1. The van der Waals surface area contributed by atoms with E-state index in [1.807, 2.05) is 77.6 Å². The van der Waals surface area contributed by atoms with Gasteiger partial charge < -0.3 is 29.9 Å². The van der Waals surface area contributed by atoms with E-state index in [1.54, 1.807) is 31.5 Å². The maximum absolute atomic E-state index is 13.6. The Kier molecular flexibility index (Phi) is 8.64. The number of amides is 2. The van der Waals surface area contributed by atoms with Gasteiger partial charge in [-0.05, 0) is 53.1 Å². The van der Waals surface area contributed by atoms with E-state index in [1.165, 1.54) is 0 Å². The Hall–Kier alpha value is -6.23. The number of fused-ring (bicyclic) bond motifs is 2. The van der Waals surface area contributed by atoms with Crippen LogP contribution in [0.2, 0.25) is 0 Å². The van der Waals surface area contributed by atoms with Gasteiger partial charge in [-0.3, -0.25) is 14.6 Å². The van der Waals surface area contributed by atoms with Crippen LogP contribution in [0.4, 0.5) is 0 Å². The number of hydrogen-bond acceptors (Lipinski definition) is 6. The molecular weight excluding hydrogens is 604 g/mol. The number of aromatic nitrogens is 6. The Labute approximate surface area is 276 Å². The van der Waals surface area contributed by atoms with Crippen molar-refractivity contribution in [1.29, 1.82) is 0 Å². The molecule has 2 atom stereocenters. The SMILES string of the molecule is COc1ccc(Cn2c([C@H](Cc3c[nH]c4ccccc34)NC=O)nnc2[C@@H](Cc2c[nH]c3ccccc23)NC(=O)c2ccccn2)cc1. The van der Waals surface area contributed by atoms with Crippen molar-refractivity contribution in [1.82, 2.24) is 40.3 Å². The largest absolute Gasteiger partial charge is 0.497 e. The number of hydrogen-bond donors (Lipinski definition) is 4. The van der Waals surface area contributed by atoms with Gasteiger partial charge in [0.05, 0.1) is 25.7 Å². The number of rotatable bonds is 13. The summed E-state index contributed by atoms with van der Waals surface area (Å²) in [5, 5.41) is 17.7. The minimum atomic E-state index is -0.594. The average molecular weight is 639 g/mol. The maximum atomic E-state index is 13.6. The zero-order chi connectivity index (χ0) is 32.9. The van der Waals surface area contributed by atoms with Gasteiger partial charge in [-0.25, -0.2) is 0 Å². The second-order valence-electron chi connectivity index (χ2n) is 11.6. The number of ether oxygens (including phenoxy) is 1. The second-order valence-corrected chi connectivity index (χ2v) is 11.6. The molecule has 0 saturated carbocycles. The highest BCUT2D eigenvalue weighted by molar-refractivity contribution is 5.92. The highest BCUT2D eigenvalue weighted by Crippen LogP contribution is 2.29. The third kappa shape index (κ3) is 6.25. The van der Waals surface area contributed by atoms with Gasteiger partial charge in [0, 0.05) is 53.2 Å². The second kappa shape index (κ2) is 13.6. The summed E-state index contributed by atoms with van der Waals surface area (Å²) in [6.45, 7) is 0.385. The number of nitrogens with one attached hydrogen (secondary N) is 4. The molecule has 0 radical (unpaired) electrons. The molecule has 0 unspecified atom stereocenters. The molecule has 0 spiro atoms. The summed E-state index contributed by atoms with van der Waals surface area (Å²) in [4.78, 5) is 36.6. The Bertz CT molecular complexity index is 2170. The van der Waals surface area contributed by atoms with Crippen molar-refractivity contribution < 1.29 is 14.3 Å². The van der Waals surface area contributed by atoms with Crippen LogP contribution < -0.4 is 15.4 Å². The Morgan fingerprint density at radius 3 is 2.02 bits per heavy atom. The van der Waals surface area contributed by atoms with Crippen LogP contribution in [0.5, 0.6) is 5.75 Å². The number of benzene rings is 3. The van der Waals surface area contributed by atoms with Gasteiger partial charge in [0.2, 0.25) is 6.41 Å². The summed E-state index contributed by atoms with van der Waals surface area (Å²) >= 11 is 0. The lowest BCUT2D eigenvalue weighted by Crippen LogP contribution is -2.33. The molecule has 7 rings (SSSR count). The lowest BCUT2D eigenvalue weighted by molar-refractivity contribution is -0.110. The quantitative estimate of drug-likeness (QED) is 0.124. The number of nitrogens with zero attached hydrogens (tertiary/aromatic N) is 4. The summed E-state index contributed by atoms with van der Waals surface area (Å²) < 4.78 is 7.39. The van der Waals surface area contributed by atoms with Crippen molar-refractivity contribution in [3.8, 4) is 5.75 Å². The first-order valence-corrected chi connectivity index (χ1v) is 15.7. The molecule has 3 aromatic carbocycles. The predicted octanol–water partition coefficient (Wildman–Crippen LogP) is 5.44. The molecule has 11 heteroatoms. The van der Waals surface area contributed by atoms with Crippen molar-refractivity contribution >= 4 is 34.1 Å². The van der Waals surface area contributed by atoms with E-state index in [2.05, 4.69) is 37.7 Å². The van der Waals surface area contributed by atoms with Crippen LogP contribution in [-0.2, 0) is 24.2 Å². The first kappa shape index (κ1) is 30.4. The molecule has 0 aliphatic heterocycles. The molecule has 0 aliphatic carbocycles. The van der Waals surface area contributed by atoms with Gasteiger partial charge in [0.25, 0.3) is 5.91 Å². The zero-order valence-electron chi connectivity index (χ0n) is 26.3. The first-order chi connectivity index (χ1) is 23.6. The summed E-state index contributed by atoms with van der Waals surface area (Å²) in [6, 6.07) is 28.0. The fourth-order valence-corrected chi connectivity index (χ4v) is 6.20. The Morgan fingerprint density at radius 1 is 0.812 bits per heavy atom. The molecule has 240 valence electrons. The predicted molar refractivity (Wildman–Crippen MR) is 183 cm³/mol. The molecule has 0 saturated heterocycles. The summed E-state index contributed by atoms with van der Waals surface area (Å²) in [7, 11) is 1.63. The number of para-hydroxylation sites is 2. The zero-order valence-corrected chi connectivity index (χ0v) is 26.3. The third-order valence-electron chi connectivity index (χ3n) is 8.60. The summed E-state index contributed by atoms with van der Waals surface area (Å²) in [6.07, 6.45) is 7.10. The number of H-pyrrole nitrogens is 2. The molecule has 4 N–H and O–H groups in total. The number of carbonyl (C=O) groups excluding carboxylic acids is 2. The lowest BCUT2D eigenvalue weighted by Gasteiger charge is -2.22. The van der Waals surface area contributed by atoms with Gasteiger partial charge in [0.15, 0.2) is 11.6 Å². The summed E-state index contributed by atoms with van der Waals surface area (Å²) in [5.74, 6) is 1.52. The molecule has 0 aliphatic rings. The van der Waals surface area contributed by atoms with E-state index < -0.39 is 12.1 Å². The van der Waals surface area contributed by atoms with E-state index in [4.69, 9.17) is 14.9 Å². The molecule has 0 fully saturated rings. The third-order valence-corrected chi connectivity index (χ3v) is 8.60. The molecule has 0 bridgehead atoms. The number of aromatic amines is 2. The molecule has 4 heterocycles. The lowest BCUT2D eigenvalue weighted by atomic mass is 10.0. The Balaban J connectivity index is 1.33. The normalized spacial score (nSPS) is 12.5. The number of pyridine rings is 1. The topological polar surface area (TPSA) is 143 Å². The van der Waals surface area contributed by atoms with Crippen molar-refractivity contribution in [2.45, 2.75) is 31.5 Å². The Morgan fingerprint density at radius 2 is 1.42 bits per heavy atom. The van der Waals surface area contributed by atoms with Gasteiger partial charge in [-0.15, -0.1) is 10.2 Å². The van der Waals surface area contributed by atoms with E-state index in [9.17, 15) is 9.59 Å². The minimum Gasteiger partial charge on any atom is -0.497 e. The molecule has 7 aromatic rings. The van der Waals surface area contributed by atoms with Gasteiger partial charge in [0.1, 0.15) is 11.4 Å². The number of methoxy groups -OCH3 is 1. The van der Waals surface area contributed by atoms with Crippen LogP contribution in [0.15, 0.2) is 110 Å². The highest BCUT2D eigenvalue weighted by Gasteiger charge is 2.29. The maximum Gasteiger partial charge on any atom is 0.270 e. The van der Waals surface area contributed by atoms with E-state index in [0.717, 1.165) is 44.2 Å². The summed E-state index contributed by atoms with van der Waals surface area (Å²) in [5.41, 5.74) is 5.31. The van der Waals surface area contributed by atoms with Gasteiger partial charge >= 0.3 is 0 Å². The molecule has 11 nitrogen and oxygen atoms in total. The van der Waals surface area contributed by atoms with Crippen LogP contribution in [0.25, 0.3) is 21.8 Å².